The van der Waals surface area contributed by atoms with E-state index in [0.717, 1.165) is 18.5 Å². The Labute approximate surface area is 146 Å². The van der Waals surface area contributed by atoms with Gasteiger partial charge in [0.2, 0.25) is 0 Å². The predicted molar refractivity (Wildman–Crippen MR) is 93.3 cm³/mol. The highest BCUT2D eigenvalue weighted by Crippen LogP contribution is 2.26. The fraction of sp³-hybridized carbons (Fsp3) is 0.444. The van der Waals surface area contributed by atoms with Crippen LogP contribution in [0.3, 0.4) is 0 Å². The molecule has 1 aromatic heterocycles. The first-order valence-electron chi connectivity index (χ1n) is 8.54. The number of nitrogens with zero attached hydrogens (tertiary/aromatic N) is 2. The molecule has 0 bridgehead atoms. The van der Waals surface area contributed by atoms with Crippen LogP contribution in [0.4, 0.5) is 14.9 Å². The number of rotatable bonds is 4. The number of ether oxygens (including phenoxy) is 1. The molecule has 6 nitrogen and oxygen atoms in total. The summed E-state index contributed by atoms with van der Waals surface area (Å²) in [5.41, 5.74) is 1.18. The van der Waals surface area contributed by atoms with Crippen molar-refractivity contribution >= 4 is 11.7 Å². The number of H-pyrrole nitrogens is 1. The third-order valence-electron chi connectivity index (χ3n) is 4.22. The van der Waals surface area contributed by atoms with Crippen LogP contribution in [0.25, 0.3) is 0 Å². The van der Waals surface area contributed by atoms with Crippen LogP contribution >= 0.6 is 0 Å². The van der Waals surface area contributed by atoms with Crippen LogP contribution in [0.5, 0.6) is 5.75 Å². The van der Waals surface area contributed by atoms with Crippen molar-refractivity contribution in [3.05, 3.63) is 42.0 Å². The zero-order valence-corrected chi connectivity index (χ0v) is 14.5. The number of carbonyl (C=O) groups excluding carboxylic acids is 1. The summed E-state index contributed by atoms with van der Waals surface area (Å²) < 4.78 is 19.7. The van der Waals surface area contributed by atoms with Crippen LogP contribution in [0.15, 0.2) is 30.5 Å². The Bertz CT molecular complexity index is 718. The van der Waals surface area contributed by atoms with Gasteiger partial charge in [0.05, 0.1) is 11.8 Å². The number of nitrogens with one attached hydrogen (secondary N) is 2. The second-order valence-corrected chi connectivity index (χ2v) is 6.54. The number of aromatic amines is 1. The number of carbonyl (C=O) groups is 1. The van der Waals surface area contributed by atoms with Gasteiger partial charge in [0.15, 0.2) is 0 Å². The summed E-state index contributed by atoms with van der Waals surface area (Å²) in [4.78, 5) is 14.2. The number of likely N-dealkylation sites (tertiary alicyclic amines) is 1. The summed E-state index contributed by atoms with van der Waals surface area (Å²) in [5.74, 6) is 0.171. The first-order valence-corrected chi connectivity index (χ1v) is 8.54. The quantitative estimate of drug-likeness (QED) is 0.886. The van der Waals surface area contributed by atoms with Crippen LogP contribution in [0.1, 0.15) is 38.3 Å². The molecule has 2 heterocycles. The molecule has 0 spiro atoms. The Morgan fingerprint density at radius 1 is 1.44 bits per heavy atom. The van der Waals surface area contributed by atoms with Gasteiger partial charge in [-0.15, -0.1) is 0 Å². The molecule has 3 rings (SSSR count). The summed E-state index contributed by atoms with van der Waals surface area (Å²) in [7, 11) is 0. The first kappa shape index (κ1) is 17.3. The van der Waals surface area contributed by atoms with E-state index in [2.05, 4.69) is 15.5 Å². The minimum Gasteiger partial charge on any atom is -0.491 e. The van der Waals surface area contributed by atoms with Crippen LogP contribution < -0.4 is 10.1 Å². The lowest BCUT2D eigenvalue weighted by molar-refractivity contribution is 0.192. The largest absolute Gasteiger partial charge is 0.491 e. The first-order chi connectivity index (χ1) is 12.0. The minimum absolute atomic E-state index is 0.0346. The van der Waals surface area contributed by atoms with E-state index >= 15 is 0 Å². The maximum absolute atomic E-state index is 14.2. The Morgan fingerprint density at radius 3 is 2.96 bits per heavy atom. The lowest BCUT2D eigenvalue weighted by atomic mass is 9.95. The fourth-order valence-electron chi connectivity index (χ4n) is 3.05. The molecule has 7 heteroatoms. The van der Waals surface area contributed by atoms with Gasteiger partial charge in [0.1, 0.15) is 11.6 Å². The van der Waals surface area contributed by atoms with Crippen molar-refractivity contribution in [1.29, 1.82) is 0 Å². The highest BCUT2D eigenvalue weighted by atomic mass is 19.1. The molecular weight excluding hydrogens is 323 g/mol. The summed E-state index contributed by atoms with van der Waals surface area (Å²) in [5, 5.41) is 9.59. The van der Waals surface area contributed by atoms with Crippen LogP contribution in [-0.2, 0) is 0 Å². The van der Waals surface area contributed by atoms with Crippen molar-refractivity contribution in [2.24, 2.45) is 0 Å². The maximum Gasteiger partial charge on any atom is 0.321 e. The Morgan fingerprint density at radius 2 is 2.28 bits per heavy atom. The highest BCUT2D eigenvalue weighted by molar-refractivity contribution is 5.89. The van der Waals surface area contributed by atoms with Crippen molar-refractivity contribution in [2.45, 2.75) is 38.7 Å². The second-order valence-electron chi connectivity index (χ2n) is 6.54. The fourth-order valence-corrected chi connectivity index (χ4v) is 3.05. The van der Waals surface area contributed by atoms with Gasteiger partial charge >= 0.3 is 6.03 Å². The van der Waals surface area contributed by atoms with Crippen molar-refractivity contribution in [1.82, 2.24) is 15.1 Å². The van der Waals surface area contributed by atoms with E-state index in [4.69, 9.17) is 4.74 Å². The molecule has 0 radical (unpaired) electrons. The minimum atomic E-state index is -0.506. The molecule has 1 fully saturated rings. The second kappa shape index (κ2) is 7.55. The standard InChI is InChI=1S/C18H23FN4O2/c1-12(2)25-14-5-6-17(15(19)10-14)21-18(24)23-9-3-4-13(11-23)16-7-8-20-22-16/h5-8,10,12-13H,3-4,9,11H2,1-2H3,(H,20,22)(H,21,24)/t13-/m1/s1. The molecule has 1 aliphatic heterocycles. The summed E-state index contributed by atoms with van der Waals surface area (Å²) in [6.07, 6.45) is 3.58. The third kappa shape index (κ3) is 4.29. The SMILES string of the molecule is CC(C)Oc1ccc(NC(=O)N2CCC[C@@H](c3ccn[nH]3)C2)c(F)c1. The number of amides is 2. The van der Waals surface area contributed by atoms with E-state index in [-0.39, 0.29) is 23.7 Å². The zero-order valence-electron chi connectivity index (χ0n) is 14.5. The van der Waals surface area contributed by atoms with Gasteiger partial charge in [-0.25, -0.2) is 9.18 Å². The lowest BCUT2D eigenvalue weighted by Crippen LogP contribution is -2.41. The van der Waals surface area contributed by atoms with Crippen LogP contribution in [0, 0.1) is 5.82 Å². The van der Waals surface area contributed by atoms with Crippen molar-refractivity contribution < 1.29 is 13.9 Å². The molecular formula is C18H23FN4O2. The molecule has 0 aliphatic carbocycles. The third-order valence-corrected chi connectivity index (χ3v) is 4.22. The number of halogens is 1. The normalized spacial score (nSPS) is 17.6. The van der Waals surface area contributed by atoms with E-state index in [0.29, 0.717) is 18.8 Å². The van der Waals surface area contributed by atoms with E-state index in [1.807, 2.05) is 19.9 Å². The molecule has 2 N–H and O–H groups in total. The maximum atomic E-state index is 14.2. The van der Waals surface area contributed by atoms with Gasteiger partial charge in [0, 0.05) is 37.0 Å². The van der Waals surface area contributed by atoms with Gasteiger partial charge < -0.3 is 15.0 Å². The molecule has 25 heavy (non-hydrogen) atoms. The monoisotopic (exact) mass is 346 g/mol. The summed E-state index contributed by atoms with van der Waals surface area (Å²) >= 11 is 0. The molecule has 1 saturated heterocycles. The number of piperidine rings is 1. The van der Waals surface area contributed by atoms with Crippen LogP contribution in [0.2, 0.25) is 0 Å². The van der Waals surface area contributed by atoms with E-state index in [1.165, 1.54) is 12.1 Å². The van der Waals surface area contributed by atoms with Crippen molar-refractivity contribution in [3.8, 4) is 5.75 Å². The Hall–Kier alpha value is -2.57. The average Bonchev–Trinajstić information content (AvgIpc) is 3.11. The van der Waals surface area contributed by atoms with Crippen LogP contribution in [-0.4, -0.2) is 40.3 Å². The topological polar surface area (TPSA) is 70.2 Å². The van der Waals surface area contributed by atoms with Crippen molar-refractivity contribution in [3.63, 3.8) is 0 Å². The molecule has 134 valence electrons. The highest BCUT2D eigenvalue weighted by Gasteiger charge is 2.26. The number of hydrogen-bond acceptors (Lipinski definition) is 3. The molecule has 2 amide bonds. The molecule has 0 saturated carbocycles. The average molecular weight is 346 g/mol. The number of benzene rings is 1. The molecule has 1 aliphatic rings. The summed E-state index contributed by atoms with van der Waals surface area (Å²) in [6, 6.07) is 6.11. The Balaban J connectivity index is 1.63. The van der Waals surface area contributed by atoms with Gasteiger partial charge in [-0.05, 0) is 44.9 Å². The molecule has 1 aromatic carbocycles. The van der Waals surface area contributed by atoms with Gasteiger partial charge in [0.25, 0.3) is 0 Å². The number of urea groups is 1. The molecule has 1 atom stereocenters. The van der Waals surface area contributed by atoms with Gasteiger partial charge in [-0.1, -0.05) is 0 Å². The molecule has 0 unspecified atom stereocenters. The summed E-state index contributed by atoms with van der Waals surface area (Å²) in [6.45, 7) is 5.00. The van der Waals surface area contributed by atoms with E-state index < -0.39 is 5.82 Å². The van der Waals surface area contributed by atoms with E-state index in [1.54, 1.807) is 17.2 Å². The zero-order chi connectivity index (χ0) is 17.8. The Kier molecular flexibility index (Phi) is 5.21. The van der Waals surface area contributed by atoms with Gasteiger partial charge in [-0.3, -0.25) is 5.10 Å². The number of anilines is 1. The number of aromatic nitrogens is 2. The smallest absolute Gasteiger partial charge is 0.321 e. The van der Waals surface area contributed by atoms with Crippen molar-refractivity contribution in [2.75, 3.05) is 18.4 Å². The van der Waals surface area contributed by atoms with Gasteiger partial charge in [-0.2, -0.15) is 5.10 Å². The lowest BCUT2D eigenvalue weighted by Gasteiger charge is -2.32. The van der Waals surface area contributed by atoms with E-state index in [9.17, 15) is 9.18 Å². The molecule has 2 aromatic rings. The number of hydrogen-bond donors (Lipinski definition) is 2. The predicted octanol–water partition coefficient (Wildman–Crippen LogP) is 3.75.